The van der Waals surface area contributed by atoms with Crippen molar-refractivity contribution in [2.75, 3.05) is 18.6 Å². The summed E-state index contributed by atoms with van der Waals surface area (Å²) in [6, 6.07) is 13.8. The minimum Gasteiger partial charge on any atom is -0.484 e. The van der Waals surface area contributed by atoms with Crippen molar-refractivity contribution in [1.82, 2.24) is 0 Å². The Kier molecular flexibility index (Phi) is 6.29. The quantitative estimate of drug-likeness (QED) is 0.499. The van der Waals surface area contributed by atoms with E-state index in [0.717, 1.165) is 11.3 Å². The summed E-state index contributed by atoms with van der Waals surface area (Å²) >= 11 is 0. The van der Waals surface area contributed by atoms with Crippen molar-refractivity contribution in [3.8, 4) is 0 Å². The van der Waals surface area contributed by atoms with Gasteiger partial charge in [0.25, 0.3) is 0 Å². The molecule has 1 atom stereocenters. The fraction of sp³-hybridized carbons (Fsp3) is 0.304. The van der Waals surface area contributed by atoms with E-state index in [1.807, 2.05) is 31.2 Å². The number of aryl methyl sites for hydroxylation is 1. The second-order valence-corrected chi connectivity index (χ2v) is 7.29. The van der Waals surface area contributed by atoms with Crippen LogP contribution in [-0.4, -0.2) is 31.6 Å². The van der Waals surface area contributed by atoms with E-state index in [2.05, 4.69) is 11.6 Å². The van der Waals surface area contributed by atoms with Crippen LogP contribution in [0.5, 0.6) is 0 Å². The van der Waals surface area contributed by atoms with E-state index >= 15 is 0 Å². The molecule has 2 aromatic carbocycles. The number of ether oxygens (including phenoxy) is 1. The van der Waals surface area contributed by atoms with Crippen molar-refractivity contribution < 1.29 is 22.7 Å². The minimum absolute atomic E-state index is 0.0586. The van der Waals surface area contributed by atoms with Gasteiger partial charge in [-0.25, -0.2) is 4.99 Å². The summed E-state index contributed by atoms with van der Waals surface area (Å²) in [4.78, 5) is 18.6. The Morgan fingerprint density at radius 3 is 2.50 bits per heavy atom. The number of hydrogen-bond donors (Lipinski definition) is 0. The molecule has 1 saturated heterocycles. The van der Waals surface area contributed by atoms with Crippen LogP contribution in [0.15, 0.2) is 60.1 Å². The topological polar surface area (TPSA) is 41.9 Å². The van der Waals surface area contributed by atoms with Crippen LogP contribution in [-0.2, 0) is 16.0 Å². The molecular weight excluding hydrogens is 393 g/mol. The number of alkyl halides is 3. The molecule has 0 radical (unpaired) electrons. The van der Waals surface area contributed by atoms with E-state index in [0.29, 0.717) is 12.1 Å². The summed E-state index contributed by atoms with van der Waals surface area (Å²) in [6.07, 6.45) is -5.20. The molecule has 0 N–H and O–H groups in total. The summed E-state index contributed by atoms with van der Waals surface area (Å²) in [5.74, 6) is -0.0863. The van der Waals surface area contributed by atoms with Gasteiger partial charge >= 0.3 is 6.18 Å². The molecule has 1 amide bonds. The van der Waals surface area contributed by atoms with Crippen LogP contribution >= 0.6 is 0 Å². The third-order valence-electron chi connectivity index (χ3n) is 4.99. The van der Waals surface area contributed by atoms with Gasteiger partial charge in [-0.15, -0.1) is 0 Å². The SMILES string of the molecule is C=C(/N=C(\OC)C1CC(=O)N(c2ccc(C)cc2)C1)c1ccccc1CC(F)(F)F. The van der Waals surface area contributed by atoms with Crippen molar-refractivity contribution in [2.24, 2.45) is 10.9 Å². The van der Waals surface area contributed by atoms with E-state index < -0.39 is 12.6 Å². The average molecular weight is 416 g/mol. The van der Waals surface area contributed by atoms with Gasteiger partial charge in [0.15, 0.2) is 5.90 Å². The molecule has 30 heavy (non-hydrogen) atoms. The molecule has 3 rings (SSSR count). The van der Waals surface area contributed by atoms with Gasteiger partial charge in [0, 0.05) is 24.2 Å². The maximum absolute atomic E-state index is 12.9. The highest BCUT2D eigenvalue weighted by molar-refractivity contribution is 6.01. The van der Waals surface area contributed by atoms with Crippen LogP contribution in [0.25, 0.3) is 5.70 Å². The number of carbonyl (C=O) groups excluding carboxylic acids is 1. The zero-order valence-electron chi connectivity index (χ0n) is 16.9. The first-order chi connectivity index (χ1) is 14.2. The molecule has 0 aromatic heterocycles. The van der Waals surface area contributed by atoms with Crippen LogP contribution in [0, 0.1) is 12.8 Å². The predicted molar refractivity (Wildman–Crippen MR) is 111 cm³/mol. The zero-order chi connectivity index (χ0) is 21.9. The highest BCUT2D eigenvalue weighted by Gasteiger charge is 2.35. The molecule has 0 aliphatic carbocycles. The van der Waals surface area contributed by atoms with Crippen LogP contribution < -0.4 is 4.90 Å². The molecule has 2 aromatic rings. The molecule has 7 heteroatoms. The number of nitrogens with zero attached hydrogens (tertiary/aromatic N) is 2. The molecule has 0 spiro atoms. The van der Waals surface area contributed by atoms with Crippen LogP contribution in [0.3, 0.4) is 0 Å². The Morgan fingerprint density at radius 1 is 1.20 bits per heavy atom. The third-order valence-corrected chi connectivity index (χ3v) is 4.99. The minimum atomic E-state index is -4.34. The maximum atomic E-state index is 12.9. The second-order valence-electron chi connectivity index (χ2n) is 7.29. The average Bonchev–Trinajstić information content (AvgIpc) is 3.07. The maximum Gasteiger partial charge on any atom is 0.393 e. The van der Waals surface area contributed by atoms with Gasteiger partial charge in [-0.05, 0) is 24.6 Å². The zero-order valence-corrected chi connectivity index (χ0v) is 16.9. The number of hydrogen-bond acceptors (Lipinski definition) is 3. The summed E-state index contributed by atoms with van der Waals surface area (Å²) in [5.41, 5.74) is 2.46. The fourth-order valence-corrected chi connectivity index (χ4v) is 3.52. The first kappa shape index (κ1) is 21.6. The van der Waals surface area contributed by atoms with E-state index in [-0.39, 0.29) is 35.4 Å². The van der Waals surface area contributed by atoms with E-state index in [1.165, 1.54) is 13.2 Å². The van der Waals surface area contributed by atoms with E-state index in [9.17, 15) is 18.0 Å². The fourth-order valence-electron chi connectivity index (χ4n) is 3.52. The summed E-state index contributed by atoms with van der Waals surface area (Å²) in [7, 11) is 1.44. The lowest BCUT2D eigenvalue weighted by Crippen LogP contribution is -2.26. The van der Waals surface area contributed by atoms with Crippen molar-refractivity contribution in [2.45, 2.75) is 25.9 Å². The number of benzene rings is 2. The number of anilines is 1. The lowest BCUT2D eigenvalue weighted by atomic mass is 10.0. The normalized spacial score (nSPS) is 17.4. The first-order valence-electron chi connectivity index (χ1n) is 9.51. The Labute approximate surface area is 173 Å². The van der Waals surface area contributed by atoms with Gasteiger partial charge in [0.05, 0.1) is 25.1 Å². The third kappa shape index (κ3) is 5.09. The molecule has 1 aliphatic rings. The molecule has 158 valence electrons. The van der Waals surface area contributed by atoms with Crippen molar-refractivity contribution in [3.05, 3.63) is 71.8 Å². The van der Waals surface area contributed by atoms with Gasteiger partial charge in [0.1, 0.15) is 0 Å². The summed E-state index contributed by atoms with van der Waals surface area (Å²) < 4.78 is 44.1. The smallest absolute Gasteiger partial charge is 0.393 e. The van der Waals surface area contributed by atoms with E-state index in [1.54, 1.807) is 23.1 Å². The van der Waals surface area contributed by atoms with E-state index in [4.69, 9.17) is 4.74 Å². The number of methoxy groups -OCH3 is 1. The number of aliphatic imine (C=N–C) groups is 1. The van der Waals surface area contributed by atoms with Crippen molar-refractivity contribution >= 4 is 23.2 Å². The van der Waals surface area contributed by atoms with Crippen LogP contribution in [0.4, 0.5) is 18.9 Å². The Morgan fingerprint density at radius 2 is 1.87 bits per heavy atom. The lowest BCUT2D eigenvalue weighted by Gasteiger charge is -2.18. The molecule has 1 heterocycles. The molecular formula is C23H23F3N2O2. The molecule has 1 unspecified atom stereocenters. The molecule has 0 saturated carbocycles. The van der Waals surface area contributed by atoms with Gasteiger partial charge in [-0.3, -0.25) is 4.79 Å². The largest absolute Gasteiger partial charge is 0.484 e. The van der Waals surface area contributed by atoms with Crippen molar-refractivity contribution in [3.63, 3.8) is 0 Å². The monoisotopic (exact) mass is 416 g/mol. The number of carbonyl (C=O) groups is 1. The number of rotatable bonds is 5. The van der Waals surface area contributed by atoms with Gasteiger partial charge in [0.2, 0.25) is 5.91 Å². The lowest BCUT2D eigenvalue weighted by molar-refractivity contribution is -0.127. The van der Waals surface area contributed by atoms with Crippen molar-refractivity contribution in [1.29, 1.82) is 0 Å². The van der Waals surface area contributed by atoms with Gasteiger partial charge in [-0.1, -0.05) is 48.5 Å². The second kappa shape index (κ2) is 8.73. The number of amides is 1. The molecule has 0 bridgehead atoms. The molecule has 4 nitrogen and oxygen atoms in total. The molecule has 1 aliphatic heterocycles. The highest BCUT2D eigenvalue weighted by Crippen LogP contribution is 2.30. The highest BCUT2D eigenvalue weighted by atomic mass is 19.4. The Bertz CT molecular complexity index is 965. The van der Waals surface area contributed by atoms with Crippen LogP contribution in [0.2, 0.25) is 0 Å². The number of halogens is 3. The summed E-state index contributed by atoms with van der Waals surface area (Å²) in [5, 5.41) is 0. The summed E-state index contributed by atoms with van der Waals surface area (Å²) in [6.45, 7) is 6.20. The first-order valence-corrected chi connectivity index (χ1v) is 9.51. The Balaban J connectivity index is 1.82. The molecule has 1 fully saturated rings. The standard InChI is InChI=1S/C23H23F3N2O2/c1-15-8-10-19(11-9-15)28-14-18(12-21(28)29)22(30-3)27-16(2)20-7-5-4-6-17(20)13-23(24,25)26/h4-11,18H,2,12-14H2,1,3H3/b27-22-. The Hall–Kier alpha value is -3.09. The van der Waals surface area contributed by atoms with Gasteiger partial charge < -0.3 is 9.64 Å². The predicted octanol–water partition coefficient (Wildman–Crippen LogP) is 5.17. The van der Waals surface area contributed by atoms with Gasteiger partial charge in [-0.2, -0.15) is 13.2 Å². The van der Waals surface area contributed by atoms with Crippen LogP contribution in [0.1, 0.15) is 23.1 Å².